The SMILES string of the molecule is CCCC[C@@H]([C@@H](O)c1ccc2c(Cl)c(OC)ccc2c1)N1CCN(Cc2ccccc2)CC1.O=C(O)[C@H](O)c1ccc(Cl)cc1. The molecule has 9 heteroatoms. The third-order valence-electron chi connectivity index (χ3n) is 8.27. The maximum Gasteiger partial charge on any atom is 0.337 e. The molecule has 3 N–H and O–H groups in total. The van der Waals surface area contributed by atoms with E-state index in [4.69, 9.17) is 38.2 Å². The predicted octanol–water partition coefficient (Wildman–Crippen LogP) is 7.37. The van der Waals surface area contributed by atoms with Gasteiger partial charge in [-0.2, -0.15) is 0 Å². The van der Waals surface area contributed by atoms with Crippen molar-refractivity contribution in [2.45, 2.75) is 51.0 Å². The van der Waals surface area contributed by atoms with Gasteiger partial charge in [-0.1, -0.05) is 104 Å². The lowest BCUT2D eigenvalue weighted by Gasteiger charge is -2.41. The average Bonchev–Trinajstić information content (AvgIpc) is 3.06. The maximum absolute atomic E-state index is 11.5. The zero-order valence-corrected chi connectivity index (χ0v) is 27.3. The highest BCUT2D eigenvalue weighted by Gasteiger charge is 2.30. The van der Waals surface area contributed by atoms with Crippen molar-refractivity contribution in [3.05, 3.63) is 112 Å². The quantitative estimate of drug-likeness (QED) is 0.156. The van der Waals surface area contributed by atoms with Gasteiger partial charge in [0.2, 0.25) is 0 Å². The Morgan fingerprint density at radius 2 is 1.56 bits per heavy atom. The first-order chi connectivity index (χ1) is 21.7. The molecule has 0 aromatic heterocycles. The van der Waals surface area contributed by atoms with Gasteiger partial charge in [-0.15, -0.1) is 0 Å². The van der Waals surface area contributed by atoms with E-state index in [0.717, 1.165) is 68.3 Å². The van der Waals surface area contributed by atoms with Gasteiger partial charge < -0.3 is 20.1 Å². The Labute approximate surface area is 275 Å². The zero-order valence-electron chi connectivity index (χ0n) is 25.8. The molecular formula is C36H42Cl2N2O5. The van der Waals surface area contributed by atoms with Gasteiger partial charge in [-0.25, -0.2) is 4.79 Å². The Hall–Kier alpha value is -3.17. The van der Waals surface area contributed by atoms with Gasteiger partial charge in [0.05, 0.1) is 18.2 Å². The van der Waals surface area contributed by atoms with Crippen molar-refractivity contribution in [3.63, 3.8) is 0 Å². The number of ether oxygens (including phenoxy) is 1. The summed E-state index contributed by atoms with van der Waals surface area (Å²) in [6.07, 6.45) is 1.25. The Morgan fingerprint density at radius 3 is 2.18 bits per heavy atom. The topological polar surface area (TPSA) is 93.5 Å². The summed E-state index contributed by atoms with van der Waals surface area (Å²) in [5.74, 6) is -0.594. The maximum atomic E-state index is 11.5. The van der Waals surface area contributed by atoms with Crippen LogP contribution in [0.2, 0.25) is 10.0 Å². The lowest BCUT2D eigenvalue weighted by Crippen LogP contribution is -2.51. The van der Waals surface area contributed by atoms with Crippen molar-refractivity contribution in [2.24, 2.45) is 0 Å². The third-order valence-corrected chi connectivity index (χ3v) is 8.91. The molecule has 0 bridgehead atoms. The number of rotatable bonds is 11. The standard InChI is InChI=1S/C28H35ClN2O2.C8H7ClO3/c1-3-4-10-25(31-17-15-30(16-18-31)20-21-8-6-5-7-9-21)28(32)23-11-13-24-22(19-23)12-14-26(33-2)27(24)29;9-6-3-1-5(2-4-6)7(10)8(11)12/h5-9,11-14,19,25,28,32H,3-4,10,15-18,20H2,1-2H3;1-4,7,10H,(H,11,12)/t25-,28-;7-/m01/s1. The number of hydrogen-bond donors (Lipinski definition) is 3. The van der Waals surface area contributed by atoms with E-state index in [1.54, 1.807) is 7.11 Å². The molecule has 4 aromatic rings. The van der Waals surface area contributed by atoms with Gasteiger partial charge in [-0.3, -0.25) is 9.80 Å². The number of aliphatic carboxylic acids is 1. The molecular weight excluding hydrogens is 611 g/mol. The minimum Gasteiger partial charge on any atom is -0.495 e. The van der Waals surface area contributed by atoms with Crippen LogP contribution in [0.5, 0.6) is 5.75 Å². The average molecular weight is 654 g/mol. The minimum atomic E-state index is -1.47. The lowest BCUT2D eigenvalue weighted by atomic mass is 9.94. The number of benzene rings is 4. The number of halogens is 2. The van der Waals surface area contributed by atoms with E-state index in [-0.39, 0.29) is 6.04 Å². The second-order valence-electron chi connectivity index (χ2n) is 11.3. The van der Waals surface area contributed by atoms with Crippen LogP contribution < -0.4 is 4.74 Å². The first-order valence-corrected chi connectivity index (χ1v) is 16.1. The van der Waals surface area contributed by atoms with E-state index in [2.05, 4.69) is 53.1 Å². The molecule has 7 nitrogen and oxygen atoms in total. The van der Waals surface area contributed by atoms with Gasteiger partial charge in [0.25, 0.3) is 0 Å². The number of piperazine rings is 1. The molecule has 240 valence electrons. The molecule has 4 aromatic carbocycles. The normalized spacial score (nSPS) is 16.0. The highest BCUT2D eigenvalue weighted by molar-refractivity contribution is 6.37. The summed E-state index contributed by atoms with van der Waals surface area (Å²) in [5, 5.41) is 32.1. The molecule has 0 unspecified atom stereocenters. The summed E-state index contributed by atoms with van der Waals surface area (Å²) in [7, 11) is 1.63. The van der Waals surface area contributed by atoms with E-state index >= 15 is 0 Å². The van der Waals surface area contributed by atoms with Crippen molar-refractivity contribution >= 4 is 39.9 Å². The highest BCUT2D eigenvalue weighted by atomic mass is 35.5. The number of fused-ring (bicyclic) bond motifs is 1. The smallest absolute Gasteiger partial charge is 0.337 e. The third kappa shape index (κ3) is 9.42. The molecule has 0 spiro atoms. The number of hydrogen-bond acceptors (Lipinski definition) is 6. The summed E-state index contributed by atoms with van der Waals surface area (Å²) in [6.45, 7) is 7.22. The Bertz CT molecular complexity index is 1510. The molecule has 1 fully saturated rings. The van der Waals surface area contributed by atoms with Crippen LogP contribution in [0.25, 0.3) is 10.8 Å². The largest absolute Gasteiger partial charge is 0.495 e. The van der Waals surface area contributed by atoms with Gasteiger partial charge >= 0.3 is 5.97 Å². The van der Waals surface area contributed by atoms with Crippen LogP contribution in [0.15, 0.2) is 84.9 Å². The van der Waals surface area contributed by atoms with Gasteiger partial charge in [0.15, 0.2) is 6.10 Å². The molecule has 1 heterocycles. The number of carboxylic acid groups (broad SMARTS) is 1. The number of carbonyl (C=O) groups is 1. The van der Waals surface area contributed by atoms with Crippen molar-refractivity contribution in [2.75, 3.05) is 33.3 Å². The molecule has 1 aliphatic heterocycles. The lowest BCUT2D eigenvalue weighted by molar-refractivity contribution is -0.146. The fraction of sp³-hybridized carbons (Fsp3) is 0.361. The van der Waals surface area contributed by atoms with E-state index in [1.807, 2.05) is 24.3 Å². The van der Waals surface area contributed by atoms with E-state index in [9.17, 15) is 9.90 Å². The molecule has 0 aliphatic carbocycles. The summed E-state index contributed by atoms with van der Waals surface area (Å²) < 4.78 is 5.35. The van der Waals surface area contributed by atoms with Crippen LogP contribution in [-0.2, 0) is 11.3 Å². The van der Waals surface area contributed by atoms with Crippen molar-refractivity contribution < 1.29 is 24.9 Å². The van der Waals surface area contributed by atoms with Crippen LogP contribution in [0.1, 0.15) is 55.1 Å². The summed E-state index contributed by atoms with van der Waals surface area (Å²) in [4.78, 5) is 15.3. The first kappa shape index (κ1) is 34.7. The monoisotopic (exact) mass is 652 g/mol. The molecule has 0 amide bonds. The fourth-order valence-electron chi connectivity index (χ4n) is 5.69. The molecule has 1 saturated heterocycles. The van der Waals surface area contributed by atoms with Crippen LogP contribution in [0.4, 0.5) is 0 Å². The molecule has 5 rings (SSSR count). The number of aliphatic hydroxyl groups is 2. The van der Waals surface area contributed by atoms with Crippen molar-refractivity contribution in [1.82, 2.24) is 9.80 Å². The fourth-order valence-corrected chi connectivity index (χ4v) is 6.13. The molecule has 45 heavy (non-hydrogen) atoms. The number of nitrogens with zero attached hydrogens (tertiary/aromatic N) is 2. The number of methoxy groups -OCH3 is 1. The molecule has 3 atom stereocenters. The van der Waals surface area contributed by atoms with Crippen LogP contribution in [0, 0.1) is 0 Å². The number of aliphatic hydroxyl groups excluding tert-OH is 2. The second kappa shape index (κ2) is 16.9. The van der Waals surface area contributed by atoms with E-state index in [0.29, 0.717) is 21.4 Å². The Balaban J connectivity index is 0.000000323. The predicted molar refractivity (Wildman–Crippen MR) is 181 cm³/mol. The molecule has 1 aliphatic rings. The van der Waals surface area contributed by atoms with Crippen LogP contribution in [0.3, 0.4) is 0 Å². The Kier molecular flexibility index (Phi) is 13.1. The summed E-state index contributed by atoms with van der Waals surface area (Å²) in [6, 6.07) is 26.8. The van der Waals surface area contributed by atoms with Crippen molar-refractivity contribution in [1.29, 1.82) is 0 Å². The summed E-state index contributed by atoms with van der Waals surface area (Å²) in [5.41, 5.74) is 2.64. The van der Waals surface area contributed by atoms with Crippen LogP contribution >= 0.6 is 23.2 Å². The van der Waals surface area contributed by atoms with E-state index in [1.165, 1.54) is 29.8 Å². The highest BCUT2D eigenvalue weighted by Crippen LogP contribution is 2.35. The zero-order chi connectivity index (χ0) is 32.3. The second-order valence-corrected chi connectivity index (χ2v) is 12.1. The molecule has 0 saturated carbocycles. The summed E-state index contributed by atoms with van der Waals surface area (Å²) >= 11 is 12.1. The van der Waals surface area contributed by atoms with Crippen LogP contribution in [-0.4, -0.2) is 70.4 Å². The first-order valence-electron chi connectivity index (χ1n) is 15.3. The Morgan fingerprint density at radius 1 is 0.889 bits per heavy atom. The molecule has 0 radical (unpaired) electrons. The van der Waals surface area contributed by atoms with Gasteiger partial charge in [0.1, 0.15) is 5.75 Å². The van der Waals surface area contributed by atoms with Gasteiger partial charge in [0, 0.05) is 49.2 Å². The number of carboxylic acids is 1. The van der Waals surface area contributed by atoms with E-state index < -0.39 is 18.2 Å². The number of unbranched alkanes of at least 4 members (excludes halogenated alkanes) is 1. The van der Waals surface area contributed by atoms with Crippen molar-refractivity contribution in [3.8, 4) is 5.75 Å². The minimum absolute atomic E-state index is 0.120. The van der Waals surface area contributed by atoms with Gasteiger partial charge in [-0.05, 0) is 52.8 Å².